The van der Waals surface area contributed by atoms with Gasteiger partial charge in [0.1, 0.15) is 12.7 Å². The van der Waals surface area contributed by atoms with Crippen LogP contribution in [0.3, 0.4) is 0 Å². The number of tetrazole rings is 1. The number of hydrogen-bond donors (Lipinski definition) is 0. The van der Waals surface area contributed by atoms with Gasteiger partial charge in [-0.05, 0) is 23.2 Å². The smallest absolute Gasteiger partial charge is 0.0923 e. The molecule has 2 aromatic rings. The van der Waals surface area contributed by atoms with Gasteiger partial charge in [0, 0.05) is 0 Å². The Kier molecular flexibility index (Phi) is 2.49. The second-order valence-electron chi connectivity index (χ2n) is 2.81. The number of benzene rings is 1. The first-order chi connectivity index (χ1) is 6.81. The number of para-hydroxylation sites is 1. The Morgan fingerprint density at radius 3 is 2.64 bits per heavy atom. The fourth-order valence-corrected chi connectivity index (χ4v) is 1.73. The molecule has 0 spiro atoms. The first-order valence-electron chi connectivity index (χ1n) is 4.24. The van der Waals surface area contributed by atoms with Crippen LogP contribution >= 0.6 is 11.8 Å². The number of hydrogen-bond acceptors (Lipinski definition) is 3. The van der Waals surface area contributed by atoms with Crippen molar-refractivity contribution >= 4 is 11.8 Å². The molecular weight excluding hydrogens is 196 g/mol. The van der Waals surface area contributed by atoms with Gasteiger partial charge < -0.3 is 0 Å². The highest BCUT2D eigenvalue weighted by molar-refractivity contribution is 7.98. The van der Waals surface area contributed by atoms with Crippen LogP contribution in [0.15, 0.2) is 35.5 Å². The summed E-state index contributed by atoms with van der Waals surface area (Å²) < 4.78 is 1.82. The molecule has 0 unspecified atom stereocenters. The quantitative estimate of drug-likeness (QED) is 0.540. The molecule has 1 aromatic carbocycles. The Hall–Kier alpha value is -1.36. The van der Waals surface area contributed by atoms with Gasteiger partial charge in [-0.15, -0.1) is 0 Å². The first kappa shape index (κ1) is 9.21. The Morgan fingerprint density at radius 1 is 1.29 bits per heavy atom. The molecule has 0 amide bonds. The van der Waals surface area contributed by atoms with Crippen molar-refractivity contribution in [3.05, 3.63) is 30.3 Å². The fraction of sp³-hybridized carbons (Fsp3) is 0.222. The van der Waals surface area contributed by atoms with E-state index in [9.17, 15) is 0 Å². The number of nitrogens with zero attached hydrogens (tertiary/aromatic N) is 4. The highest BCUT2D eigenvalue weighted by Crippen LogP contribution is 2.06. The first-order valence-corrected chi connectivity index (χ1v) is 5.47. The van der Waals surface area contributed by atoms with E-state index in [1.54, 1.807) is 16.6 Å². The van der Waals surface area contributed by atoms with Gasteiger partial charge in [0.15, 0.2) is 0 Å². The fourth-order valence-electron chi connectivity index (χ4n) is 1.21. The minimum absolute atomic E-state index is 0.888. The average molecular weight is 207 g/mol. The molecule has 1 heterocycles. The molecule has 0 bridgehead atoms. The van der Waals surface area contributed by atoms with Gasteiger partial charge in [0.05, 0.1) is 10.3 Å². The van der Waals surface area contributed by atoms with Gasteiger partial charge in [-0.2, -0.15) is 0 Å². The van der Waals surface area contributed by atoms with E-state index >= 15 is 0 Å². The summed E-state index contributed by atoms with van der Waals surface area (Å²) in [5, 5.41) is 9.38. The third-order valence-corrected chi connectivity index (χ3v) is 2.43. The van der Waals surface area contributed by atoms with Crippen LogP contribution in [-0.2, 0) is 7.05 Å². The van der Waals surface area contributed by atoms with E-state index in [0.717, 1.165) is 10.8 Å². The minimum Gasteiger partial charge on any atom is -0.0923 e. The topological polar surface area (TPSA) is 34.6 Å². The summed E-state index contributed by atoms with van der Waals surface area (Å²) in [5.74, 6) is 0. The van der Waals surface area contributed by atoms with E-state index in [1.807, 2.05) is 48.3 Å². The molecule has 0 atom stereocenters. The molecule has 0 radical (unpaired) electrons. The van der Waals surface area contributed by atoms with Crippen LogP contribution in [0, 0.1) is 0 Å². The van der Waals surface area contributed by atoms with Crippen molar-refractivity contribution in [2.45, 2.75) is 5.16 Å². The lowest BCUT2D eigenvalue weighted by molar-refractivity contribution is -0.698. The Balaban J connectivity index is 2.51. The van der Waals surface area contributed by atoms with Gasteiger partial charge in [0.25, 0.3) is 0 Å². The molecule has 0 aliphatic carbocycles. The number of aromatic nitrogens is 4. The summed E-state index contributed by atoms with van der Waals surface area (Å²) in [6.45, 7) is 0. The normalized spacial score (nSPS) is 10.4. The van der Waals surface area contributed by atoms with Crippen LogP contribution in [0.25, 0.3) is 5.69 Å². The zero-order valence-electron chi connectivity index (χ0n) is 8.08. The van der Waals surface area contributed by atoms with Crippen molar-refractivity contribution in [3.63, 3.8) is 0 Å². The SMILES string of the molecule is CSc1nn(C)n[n+]1-c1ccccc1. The summed E-state index contributed by atoms with van der Waals surface area (Å²) in [7, 11) is 1.82. The zero-order chi connectivity index (χ0) is 9.97. The lowest BCUT2D eigenvalue weighted by Crippen LogP contribution is -2.35. The molecule has 5 heteroatoms. The van der Waals surface area contributed by atoms with Crippen LogP contribution in [0.5, 0.6) is 0 Å². The summed E-state index contributed by atoms with van der Waals surface area (Å²) in [4.78, 5) is 1.57. The third kappa shape index (κ3) is 1.63. The predicted octanol–water partition coefficient (Wildman–Crippen LogP) is 0.814. The monoisotopic (exact) mass is 207 g/mol. The maximum absolute atomic E-state index is 4.25. The molecule has 1 aromatic heterocycles. The van der Waals surface area contributed by atoms with E-state index in [0.29, 0.717) is 0 Å². The van der Waals surface area contributed by atoms with Gasteiger partial charge in [-0.3, -0.25) is 0 Å². The molecule has 2 rings (SSSR count). The molecule has 0 saturated carbocycles. The van der Waals surface area contributed by atoms with Crippen LogP contribution < -0.4 is 4.68 Å². The molecular formula is C9H11N4S+. The van der Waals surface area contributed by atoms with Crippen LogP contribution in [0.1, 0.15) is 0 Å². The minimum atomic E-state index is 0.888. The van der Waals surface area contributed by atoms with Crippen LogP contribution in [0.4, 0.5) is 0 Å². The van der Waals surface area contributed by atoms with Crippen molar-refractivity contribution in [1.82, 2.24) is 15.1 Å². The molecule has 72 valence electrons. The maximum atomic E-state index is 4.25. The Labute approximate surface area is 86.5 Å². The summed E-state index contributed by atoms with van der Waals surface area (Å²) in [5.41, 5.74) is 1.03. The van der Waals surface area contributed by atoms with Crippen molar-refractivity contribution < 1.29 is 4.68 Å². The molecule has 0 saturated heterocycles. The van der Waals surface area contributed by atoms with Gasteiger partial charge >= 0.3 is 5.16 Å². The molecule has 4 nitrogen and oxygen atoms in total. The average Bonchev–Trinajstić information content (AvgIpc) is 2.61. The summed E-state index contributed by atoms with van der Waals surface area (Å²) in [6, 6.07) is 9.98. The third-order valence-electron chi connectivity index (χ3n) is 1.81. The van der Waals surface area contributed by atoms with E-state index < -0.39 is 0 Å². The Bertz CT molecular complexity index is 424. The number of rotatable bonds is 2. The lowest BCUT2D eigenvalue weighted by atomic mass is 10.3. The lowest BCUT2D eigenvalue weighted by Gasteiger charge is -1.93. The largest absolute Gasteiger partial charge is 0.362 e. The zero-order valence-corrected chi connectivity index (χ0v) is 8.90. The highest BCUT2D eigenvalue weighted by Gasteiger charge is 2.16. The molecule has 0 fully saturated rings. The van der Waals surface area contributed by atoms with Gasteiger partial charge in [-0.25, -0.2) is 0 Å². The van der Waals surface area contributed by atoms with Gasteiger partial charge in [0.2, 0.25) is 0 Å². The van der Waals surface area contributed by atoms with E-state index in [4.69, 9.17) is 0 Å². The summed E-state index contributed by atoms with van der Waals surface area (Å²) >= 11 is 1.58. The predicted molar refractivity (Wildman–Crippen MR) is 54.3 cm³/mol. The van der Waals surface area contributed by atoms with Gasteiger partial charge in [-0.1, -0.05) is 34.6 Å². The highest BCUT2D eigenvalue weighted by atomic mass is 32.2. The number of aryl methyl sites for hydroxylation is 1. The molecule has 0 aliphatic rings. The van der Waals surface area contributed by atoms with Crippen LogP contribution in [-0.4, -0.2) is 21.4 Å². The summed E-state index contributed by atoms with van der Waals surface area (Å²) in [6.07, 6.45) is 1.99. The van der Waals surface area contributed by atoms with E-state index in [-0.39, 0.29) is 0 Å². The second-order valence-corrected chi connectivity index (χ2v) is 3.59. The van der Waals surface area contributed by atoms with Crippen molar-refractivity contribution in [2.75, 3.05) is 6.26 Å². The molecule has 14 heavy (non-hydrogen) atoms. The van der Waals surface area contributed by atoms with Crippen LogP contribution in [0.2, 0.25) is 0 Å². The van der Waals surface area contributed by atoms with E-state index in [2.05, 4.69) is 10.3 Å². The second kappa shape index (κ2) is 3.79. The van der Waals surface area contributed by atoms with Crippen molar-refractivity contribution in [1.29, 1.82) is 0 Å². The standard InChI is InChI=1S/C9H11N4S/c1-12-10-9(14-2)13(11-12)8-6-4-3-5-7-8/h3-7H,1-2H3/q+1. The molecule has 0 aliphatic heterocycles. The maximum Gasteiger partial charge on any atom is 0.362 e. The van der Waals surface area contributed by atoms with Crippen molar-refractivity contribution in [2.24, 2.45) is 7.05 Å². The number of thioether (sulfide) groups is 1. The molecule has 0 N–H and O–H groups in total. The van der Waals surface area contributed by atoms with E-state index in [1.165, 1.54) is 0 Å². The van der Waals surface area contributed by atoms with Crippen molar-refractivity contribution in [3.8, 4) is 5.69 Å². The Morgan fingerprint density at radius 2 is 2.00 bits per heavy atom.